The summed E-state index contributed by atoms with van der Waals surface area (Å²) in [7, 11) is 1.86. The van der Waals surface area contributed by atoms with E-state index in [0.29, 0.717) is 18.5 Å². The van der Waals surface area contributed by atoms with Gasteiger partial charge in [0.2, 0.25) is 0 Å². The second-order valence-corrected chi connectivity index (χ2v) is 4.42. The topological polar surface area (TPSA) is 49.6 Å². The normalized spacial score (nSPS) is 22.6. The number of carbonyl (C=O) groups excluding carboxylic acids is 1. The molecule has 1 aliphatic heterocycles. The van der Waals surface area contributed by atoms with Gasteiger partial charge in [0.05, 0.1) is 6.04 Å². The Bertz CT molecular complexity index is 206. The van der Waals surface area contributed by atoms with Gasteiger partial charge < -0.3 is 15.5 Å². The van der Waals surface area contributed by atoms with Crippen molar-refractivity contribution in [2.75, 3.05) is 26.7 Å². The zero-order chi connectivity index (χ0) is 10.7. The molecule has 0 aromatic carbocycles. The van der Waals surface area contributed by atoms with E-state index in [0.717, 1.165) is 19.5 Å². The number of carbonyl (C=O) groups is 1. The summed E-state index contributed by atoms with van der Waals surface area (Å²) in [6.07, 6.45) is 0.900. The Labute approximate surface area is 86.0 Å². The number of amides is 2. The van der Waals surface area contributed by atoms with E-state index in [1.165, 1.54) is 0 Å². The molecule has 1 heterocycles. The molecule has 1 rings (SSSR count). The molecule has 0 radical (unpaired) electrons. The maximum Gasteiger partial charge on any atom is 0.320 e. The molecule has 1 fully saturated rings. The maximum atomic E-state index is 11.7. The van der Waals surface area contributed by atoms with Crippen molar-refractivity contribution in [2.24, 2.45) is 11.7 Å². The molecule has 0 spiro atoms. The molecular weight excluding hydrogens is 178 g/mol. The number of rotatable bonds is 4. The Hall–Kier alpha value is -0.770. The first-order valence-corrected chi connectivity index (χ1v) is 5.28. The Morgan fingerprint density at radius 1 is 1.57 bits per heavy atom. The highest BCUT2D eigenvalue weighted by Gasteiger charge is 2.33. The van der Waals surface area contributed by atoms with Crippen molar-refractivity contribution in [1.82, 2.24) is 9.80 Å². The van der Waals surface area contributed by atoms with Crippen molar-refractivity contribution in [3.05, 3.63) is 0 Å². The summed E-state index contributed by atoms with van der Waals surface area (Å²) in [6, 6.07) is 0.461. The maximum absolute atomic E-state index is 11.7. The molecular formula is C10H21N3O. The molecule has 0 bridgehead atoms. The minimum atomic E-state index is 0.150. The average Bonchev–Trinajstić information content (AvgIpc) is 2.34. The van der Waals surface area contributed by atoms with E-state index in [1.807, 2.05) is 16.8 Å². The third kappa shape index (κ3) is 2.38. The van der Waals surface area contributed by atoms with Crippen LogP contribution in [0.1, 0.15) is 20.3 Å². The molecule has 2 N–H and O–H groups in total. The predicted molar refractivity (Wildman–Crippen MR) is 57.0 cm³/mol. The molecule has 82 valence electrons. The summed E-state index contributed by atoms with van der Waals surface area (Å²) >= 11 is 0. The van der Waals surface area contributed by atoms with Crippen LogP contribution in [-0.4, -0.2) is 48.6 Å². The van der Waals surface area contributed by atoms with Crippen LogP contribution in [0, 0.1) is 5.92 Å². The number of urea groups is 1. The lowest BCUT2D eigenvalue weighted by Crippen LogP contribution is -2.33. The van der Waals surface area contributed by atoms with Crippen LogP contribution in [0.15, 0.2) is 0 Å². The molecule has 4 nitrogen and oxygen atoms in total. The van der Waals surface area contributed by atoms with E-state index in [2.05, 4.69) is 13.8 Å². The van der Waals surface area contributed by atoms with Crippen molar-refractivity contribution < 1.29 is 4.79 Å². The van der Waals surface area contributed by atoms with Crippen LogP contribution in [0.5, 0.6) is 0 Å². The first kappa shape index (κ1) is 11.3. The van der Waals surface area contributed by atoms with Crippen molar-refractivity contribution in [3.63, 3.8) is 0 Å². The Balaban J connectivity index is 2.53. The number of likely N-dealkylation sites (N-methyl/N-ethyl adjacent to an activating group) is 1. The van der Waals surface area contributed by atoms with Gasteiger partial charge in [-0.2, -0.15) is 0 Å². The number of hydrogen-bond acceptors (Lipinski definition) is 2. The minimum absolute atomic E-state index is 0.150. The van der Waals surface area contributed by atoms with Crippen LogP contribution in [0.4, 0.5) is 4.79 Å². The van der Waals surface area contributed by atoms with Crippen LogP contribution in [-0.2, 0) is 0 Å². The summed E-state index contributed by atoms with van der Waals surface area (Å²) in [6.45, 7) is 6.60. The summed E-state index contributed by atoms with van der Waals surface area (Å²) in [5, 5.41) is 0. The lowest BCUT2D eigenvalue weighted by atomic mass is 10.2. The second kappa shape index (κ2) is 4.64. The van der Waals surface area contributed by atoms with Crippen molar-refractivity contribution >= 4 is 6.03 Å². The van der Waals surface area contributed by atoms with Crippen molar-refractivity contribution in [1.29, 1.82) is 0 Å². The fraction of sp³-hybridized carbons (Fsp3) is 0.900. The number of nitrogens with two attached hydrogens (primary N) is 1. The van der Waals surface area contributed by atoms with Crippen molar-refractivity contribution in [2.45, 2.75) is 26.3 Å². The second-order valence-electron chi connectivity index (χ2n) is 4.42. The molecule has 1 aliphatic rings. The molecule has 14 heavy (non-hydrogen) atoms. The third-order valence-electron chi connectivity index (χ3n) is 2.64. The zero-order valence-corrected chi connectivity index (χ0v) is 9.36. The SMILES string of the molecule is CC(C)CN1CC(CCN)N(C)C1=O. The standard InChI is InChI=1S/C10H21N3O/c1-8(2)6-13-7-9(4-5-11)12(3)10(13)14/h8-9H,4-7,11H2,1-3H3. The fourth-order valence-electron chi connectivity index (χ4n) is 1.90. The summed E-state index contributed by atoms with van der Waals surface area (Å²) in [5.74, 6) is 0.531. The largest absolute Gasteiger partial charge is 0.330 e. The predicted octanol–water partition coefficient (Wildman–Crippen LogP) is 0.727. The van der Waals surface area contributed by atoms with Crippen molar-refractivity contribution in [3.8, 4) is 0 Å². The van der Waals surface area contributed by atoms with Crippen LogP contribution in [0.3, 0.4) is 0 Å². The highest BCUT2D eigenvalue weighted by Crippen LogP contribution is 2.17. The zero-order valence-electron chi connectivity index (χ0n) is 9.36. The van der Waals surface area contributed by atoms with Gasteiger partial charge in [-0.3, -0.25) is 0 Å². The molecule has 0 saturated carbocycles. The van der Waals surface area contributed by atoms with Gasteiger partial charge in [-0.05, 0) is 18.9 Å². The van der Waals surface area contributed by atoms with Gasteiger partial charge >= 0.3 is 6.03 Å². The Morgan fingerprint density at radius 3 is 2.71 bits per heavy atom. The molecule has 0 aromatic heterocycles. The monoisotopic (exact) mass is 199 g/mol. The van der Waals surface area contributed by atoms with Gasteiger partial charge in [0.25, 0.3) is 0 Å². The molecule has 2 amide bonds. The lowest BCUT2D eigenvalue weighted by Gasteiger charge is -2.17. The van der Waals surface area contributed by atoms with Gasteiger partial charge in [-0.15, -0.1) is 0 Å². The molecule has 4 heteroatoms. The van der Waals surface area contributed by atoms with Gasteiger partial charge in [0.15, 0.2) is 0 Å². The molecule has 1 saturated heterocycles. The summed E-state index contributed by atoms with van der Waals surface area (Å²) in [5.41, 5.74) is 5.51. The van der Waals surface area contributed by atoms with E-state index in [4.69, 9.17) is 5.73 Å². The summed E-state index contributed by atoms with van der Waals surface area (Å²) in [4.78, 5) is 15.5. The highest BCUT2D eigenvalue weighted by molar-refractivity contribution is 5.76. The quantitative estimate of drug-likeness (QED) is 0.725. The fourth-order valence-corrected chi connectivity index (χ4v) is 1.90. The van der Waals surface area contributed by atoms with Gasteiger partial charge in [0, 0.05) is 20.1 Å². The third-order valence-corrected chi connectivity index (χ3v) is 2.64. The van der Waals surface area contributed by atoms with E-state index in [9.17, 15) is 4.79 Å². The lowest BCUT2D eigenvalue weighted by molar-refractivity contribution is 0.191. The minimum Gasteiger partial charge on any atom is -0.330 e. The Kier molecular flexibility index (Phi) is 3.75. The first-order valence-electron chi connectivity index (χ1n) is 5.28. The molecule has 1 unspecified atom stereocenters. The summed E-state index contributed by atoms with van der Waals surface area (Å²) < 4.78 is 0. The first-order chi connectivity index (χ1) is 6.56. The van der Waals surface area contributed by atoms with Crippen LogP contribution >= 0.6 is 0 Å². The van der Waals surface area contributed by atoms with Crippen LogP contribution in [0.2, 0.25) is 0 Å². The van der Waals surface area contributed by atoms with Crippen LogP contribution in [0.25, 0.3) is 0 Å². The molecule has 0 aromatic rings. The van der Waals surface area contributed by atoms with Crippen LogP contribution < -0.4 is 5.73 Å². The Morgan fingerprint density at radius 2 is 2.21 bits per heavy atom. The van der Waals surface area contributed by atoms with E-state index in [-0.39, 0.29) is 6.03 Å². The number of hydrogen-bond donors (Lipinski definition) is 1. The average molecular weight is 199 g/mol. The van der Waals surface area contributed by atoms with Gasteiger partial charge in [-0.1, -0.05) is 13.8 Å². The van der Waals surface area contributed by atoms with E-state index >= 15 is 0 Å². The highest BCUT2D eigenvalue weighted by atomic mass is 16.2. The van der Waals surface area contributed by atoms with E-state index in [1.54, 1.807) is 0 Å². The molecule has 1 atom stereocenters. The molecule has 0 aliphatic carbocycles. The number of nitrogens with zero attached hydrogens (tertiary/aromatic N) is 2. The smallest absolute Gasteiger partial charge is 0.320 e. The van der Waals surface area contributed by atoms with E-state index < -0.39 is 0 Å². The van der Waals surface area contributed by atoms with Gasteiger partial charge in [0.1, 0.15) is 0 Å². The van der Waals surface area contributed by atoms with Gasteiger partial charge in [-0.25, -0.2) is 4.79 Å².